The largest absolute Gasteiger partial charge is 0.497 e. The van der Waals surface area contributed by atoms with Crippen molar-refractivity contribution >= 4 is 0 Å². The molecule has 164 valence electrons. The van der Waals surface area contributed by atoms with Crippen molar-refractivity contribution in [3.63, 3.8) is 0 Å². The van der Waals surface area contributed by atoms with Crippen molar-refractivity contribution in [2.24, 2.45) is 17.6 Å². The lowest BCUT2D eigenvalue weighted by molar-refractivity contribution is 0.104. The van der Waals surface area contributed by atoms with Gasteiger partial charge in [0.25, 0.3) is 0 Å². The van der Waals surface area contributed by atoms with Gasteiger partial charge in [-0.05, 0) is 99.5 Å². The molecule has 30 heavy (non-hydrogen) atoms. The molecule has 4 nitrogen and oxygen atoms in total. The predicted octanol–water partition coefficient (Wildman–Crippen LogP) is 5.76. The molecule has 2 aliphatic carbocycles. The molecule has 1 aromatic heterocycles. The van der Waals surface area contributed by atoms with Gasteiger partial charge in [0.15, 0.2) is 0 Å². The molecule has 2 N–H and O–H groups in total. The second kappa shape index (κ2) is 10.5. The molecular formula is C26H38N2O2. The molecule has 2 aliphatic rings. The van der Waals surface area contributed by atoms with Gasteiger partial charge in [-0.25, -0.2) is 0 Å². The number of hydrogen-bond donors (Lipinski definition) is 1. The van der Waals surface area contributed by atoms with E-state index in [4.69, 9.17) is 14.9 Å². The highest BCUT2D eigenvalue weighted by molar-refractivity contribution is 5.28. The van der Waals surface area contributed by atoms with E-state index in [0.29, 0.717) is 12.1 Å². The van der Waals surface area contributed by atoms with Crippen LogP contribution >= 0.6 is 0 Å². The first-order chi connectivity index (χ1) is 14.7. The van der Waals surface area contributed by atoms with Crippen LogP contribution in [0.4, 0.5) is 0 Å². The molecule has 0 radical (unpaired) electrons. The molecular weight excluding hydrogens is 372 g/mol. The fourth-order valence-corrected chi connectivity index (χ4v) is 5.56. The maximum atomic E-state index is 6.10. The van der Waals surface area contributed by atoms with E-state index in [9.17, 15) is 0 Å². The maximum Gasteiger partial charge on any atom is 0.119 e. The van der Waals surface area contributed by atoms with Crippen molar-refractivity contribution < 1.29 is 9.15 Å². The molecule has 2 fully saturated rings. The Balaban J connectivity index is 1.35. The van der Waals surface area contributed by atoms with Crippen molar-refractivity contribution in [1.29, 1.82) is 0 Å². The van der Waals surface area contributed by atoms with Crippen LogP contribution in [-0.4, -0.2) is 24.1 Å². The molecule has 0 amide bonds. The fraction of sp³-hybridized carbons (Fsp3) is 0.615. The molecule has 1 aromatic carbocycles. The van der Waals surface area contributed by atoms with Gasteiger partial charge in [-0.3, -0.25) is 4.90 Å². The third kappa shape index (κ3) is 5.89. The average Bonchev–Trinajstić information content (AvgIpc) is 3.29. The summed E-state index contributed by atoms with van der Waals surface area (Å²) in [6.45, 7) is 1.81. The Morgan fingerprint density at radius 3 is 2.33 bits per heavy atom. The summed E-state index contributed by atoms with van der Waals surface area (Å²) in [4.78, 5) is 2.61. The zero-order chi connectivity index (χ0) is 20.8. The van der Waals surface area contributed by atoms with E-state index in [1.165, 1.54) is 63.4 Å². The highest BCUT2D eigenvalue weighted by Crippen LogP contribution is 2.37. The normalized spacial score (nSPS) is 27.3. The van der Waals surface area contributed by atoms with Gasteiger partial charge in [0.05, 0.1) is 19.9 Å². The number of methoxy groups -OCH3 is 1. The predicted molar refractivity (Wildman–Crippen MR) is 121 cm³/mol. The molecule has 1 heterocycles. The maximum absolute atomic E-state index is 6.10. The van der Waals surface area contributed by atoms with Gasteiger partial charge < -0.3 is 14.9 Å². The number of furan rings is 1. The summed E-state index contributed by atoms with van der Waals surface area (Å²) < 4.78 is 11.1. The van der Waals surface area contributed by atoms with E-state index in [2.05, 4.69) is 29.2 Å². The molecule has 0 aliphatic heterocycles. The van der Waals surface area contributed by atoms with Gasteiger partial charge in [0.2, 0.25) is 0 Å². The number of ether oxygens (including phenoxy) is 1. The molecule has 0 atom stereocenters. The molecule has 4 heteroatoms. The zero-order valence-corrected chi connectivity index (χ0v) is 18.5. The van der Waals surface area contributed by atoms with Gasteiger partial charge in [0, 0.05) is 18.6 Å². The molecule has 0 spiro atoms. The lowest BCUT2D eigenvalue weighted by Gasteiger charge is -2.38. The van der Waals surface area contributed by atoms with Gasteiger partial charge in [-0.2, -0.15) is 0 Å². The molecule has 2 saturated carbocycles. The van der Waals surface area contributed by atoms with Gasteiger partial charge in [0.1, 0.15) is 11.5 Å². The summed E-state index contributed by atoms with van der Waals surface area (Å²) in [7, 11) is 1.74. The van der Waals surface area contributed by atoms with Crippen LogP contribution in [0.2, 0.25) is 0 Å². The van der Waals surface area contributed by atoms with Crippen molar-refractivity contribution in [3.8, 4) is 5.75 Å². The fourth-order valence-electron chi connectivity index (χ4n) is 5.56. The Bertz CT molecular complexity index is 744. The Kier molecular flexibility index (Phi) is 7.51. The number of nitrogens with two attached hydrogens (primary N) is 1. The first kappa shape index (κ1) is 21.5. The van der Waals surface area contributed by atoms with Crippen LogP contribution in [0.25, 0.3) is 0 Å². The smallest absolute Gasteiger partial charge is 0.119 e. The number of nitrogens with zero attached hydrogens (tertiary/aromatic N) is 1. The lowest BCUT2D eigenvalue weighted by Crippen LogP contribution is -2.37. The summed E-state index contributed by atoms with van der Waals surface area (Å²) in [6.07, 6.45) is 13.7. The second-order valence-electron chi connectivity index (χ2n) is 9.53. The standard InChI is InChI=1S/C26H38N2O2/c1-29-25-5-2-4-22(17-25)18-28(19-26-6-3-15-30-26)24-13-9-21(10-14-24)16-20-7-11-23(27)12-8-20/h2-6,15,17,20-21,23-24H,7-14,16,18-19,27H2,1H3. The summed E-state index contributed by atoms with van der Waals surface area (Å²) >= 11 is 0. The molecule has 2 aromatic rings. The SMILES string of the molecule is COc1cccc(CN(Cc2ccco2)C2CCC(CC3CCC(N)CC3)CC2)c1. The molecule has 4 rings (SSSR count). The monoisotopic (exact) mass is 410 g/mol. The van der Waals surface area contributed by atoms with Gasteiger partial charge in [-0.15, -0.1) is 0 Å². The highest BCUT2D eigenvalue weighted by Gasteiger charge is 2.29. The lowest BCUT2D eigenvalue weighted by atomic mass is 9.75. The molecule has 0 unspecified atom stereocenters. The van der Waals surface area contributed by atoms with Crippen LogP contribution in [0.1, 0.15) is 69.1 Å². The number of rotatable bonds is 8. The average molecular weight is 411 g/mol. The van der Waals surface area contributed by atoms with Gasteiger partial charge in [-0.1, -0.05) is 12.1 Å². The summed E-state index contributed by atoms with van der Waals surface area (Å²) in [5.41, 5.74) is 7.40. The van der Waals surface area contributed by atoms with Crippen LogP contribution < -0.4 is 10.5 Å². The first-order valence-corrected chi connectivity index (χ1v) is 11.8. The quantitative estimate of drug-likeness (QED) is 0.601. The van der Waals surface area contributed by atoms with Crippen molar-refractivity contribution in [1.82, 2.24) is 4.90 Å². The third-order valence-corrected chi connectivity index (χ3v) is 7.35. The number of hydrogen-bond acceptors (Lipinski definition) is 4. The van der Waals surface area contributed by atoms with Crippen LogP contribution in [0.15, 0.2) is 47.1 Å². The van der Waals surface area contributed by atoms with Crippen LogP contribution in [0.5, 0.6) is 5.75 Å². The topological polar surface area (TPSA) is 51.6 Å². The minimum atomic E-state index is 0.462. The van der Waals surface area contributed by atoms with Crippen molar-refractivity contribution in [3.05, 3.63) is 54.0 Å². The Morgan fingerprint density at radius 2 is 1.67 bits per heavy atom. The van der Waals surface area contributed by atoms with Crippen LogP contribution in [0.3, 0.4) is 0 Å². The minimum Gasteiger partial charge on any atom is -0.497 e. The van der Waals surface area contributed by atoms with E-state index in [1.54, 1.807) is 13.4 Å². The van der Waals surface area contributed by atoms with E-state index >= 15 is 0 Å². The van der Waals surface area contributed by atoms with E-state index in [0.717, 1.165) is 36.4 Å². The minimum absolute atomic E-state index is 0.462. The Morgan fingerprint density at radius 1 is 0.933 bits per heavy atom. The first-order valence-electron chi connectivity index (χ1n) is 11.8. The summed E-state index contributed by atoms with van der Waals surface area (Å²) in [6, 6.07) is 13.6. The third-order valence-electron chi connectivity index (χ3n) is 7.35. The van der Waals surface area contributed by atoms with Crippen LogP contribution in [0, 0.1) is 11.8 Å². The van der Waals surface area contributed by atoms with E-state index < -0.39 is 0 Å². The van der Waals surface area contributed by atoms with E-state index in [-0.39, 0.29) is 0 Å². The summed E-state index contributed by atoms with van der Waals surface area (Å²) in [5.74, 6) is 3.81. The second-order valence-corrected chi connectivity index (χ2v) is 9.53. The molecule has 0 saturated heterocycles. The summed E-state index contributed by atoms with van der Waals surface area (Å²) in [5, 5.41) is 0. The molecule has 0 bridgehead atoms. The van der Waals surface area contributed by atoms with E-state index in [1.807, 2.05) is 12.1 Å². The Hall–Kier alpha value is -1.78. The van der Waals surface area contributed by atoms with Crippen LogP contribution in [-0.2, 0) is 13.1 Å². The van der Waals surface area contributed by atoms with Crippen molar-refractivity contribution in [2.45, 2.75) is 83.0 Å². The van der Waals surface area contributed by atoms with Crippen molar-refractivity contribution in [2.75, 3.05) is 7.11 Å². The number of benzene rings is 1. The Labute approximate surface area is 181 Å². The zero-order valence-electron chi connectivity index (χ0n) is 18.5. The highest BCUT2D eigenvalue weighted by atomic mass is 16.5. The van der Waals surface area contributed by atoms with Gasteiger partial charge >= 0.3 is 0 Å².